The fraction of sp³-hybridized carbons (Fsp3) is 0.643. The lowest BCUT2D eigenvalue weighted by molar-refractivity contribution is -0.120. The summed E-state index contributed by atoms with van der Waals surface area (Å²) in [4.78, 5) is 23.0. The lowest BCUT2D eigenvalue weighted by Crippen LogP contribution is -2.34. The molecule has 2 amide bonds. The van der Waals surface area contributed by atoms with Crippen LogP contribution in [-0.4, -0.2) is 27.6 Å². The van der Waals surface area contributed by atoms with Gasteiger partial charge in [0, 0.05) is 32.0 Å². The van der Waals surface area contributed by atoms with Crippen LogP contribution in [0.15, 0.2) is 0 Å². The van der Waals surface area contributed by atoms with Gasteiger partial charge in [-0.25, -0.2) is 0 Å². The van der Waals surface area contributed by atoms with Crippen molar-refractivity contribution in [2.75, 3.05) is 5.32 Å². The van der Waals surface area contributed by atoms with Gasteiger partial charge in [-0.15, -0.1) is 0 Å². The van der Waals surface area contributed by atoms with Crippen LogP contribution in [0, 0.1) is 0 Å². The molecule has 0 bridgehead atoms. The predicted octanol–water partition coefficient (Wildman–Crippen LogP) is 1.40. The Morgan fingerprint density at radius 1 is 1.30 bits per heavy atom. The molecule has 2 N–H and O–H groups in total. The van der Waals surface area contributed by atoms with Gasteiger partial charge in [0.05, 0.1) is 5.69 Å². The number of nitrogens with zero attached hydrogens (tertiary/aromatic N) is 2. The number of aryl methyl sites for hydroxylation is 2. The fourth-order valence-electron chi connectivity index (χ4n) is 2.29. The summed E-state index contributed by atoms with van der Waals surface area (Å²) in [5.41, 5.74) is 2.09. The van der Waals surface area contributed by atoms with Crippen molar-refractivity contribution in [3.63, 3.8) is 0 Å². The van der Waals surface area contributed by atoms with Crippen LogP contribution in [0.2, 0.25) is 0 Å². The van der Waals surface area contributed by atoms with Crippen molar-refractivity contribution in [2.24, 2.45) is 7.05 Å². The zero-order valence-corrected chi connectivity index (χ0v) is 12.9. The molecule has 0 saturated heterocycles. The van der Waals surface area contributed by atoms with Crippen LogP contribution in [-0.2, 0) is 29.5 Å². The molecule has 6 heteroatoms. The maximum atomic E-state index is 12.0. The Hall–Kier alpha value is -1.85. The van der Waals surface area contributed by atoms with Crippen LogP contribution in [0.4, 0.5) is 5.82 Å². The van der Waals surface area contributed by atoms with Crippen LogP contribution in [0.3, 0.4) is 0 Å². The number of rotatable bonds is 6. The van der Waals surface area contributed by atoms with E-state index in [9.17, 15) is 9.59 Å². The van der Waals surface area contributed by atoms with Gasteiger partial charge in [0.2, 0.25) is 11.8 Å². The third-order valence-electron chi connectivity index (χ3n) is 3.12. The molecule has 0 aliphatic carbocycles. The predicted molar refractivity (Wildman–Crippen MR) is 78.5 cm³/mol. The third-order valence-corrected chi connectivity index (χ3v) is 3.12. The SMILES string of the molecule is CCc1nn(C)c(NC(=O)CC(C)NC(C)=O)c1CC. The molecular formula is C14H24N4O2. The molecule has 1 atom stereocenters. The van der Waals surface area contributed by atoms with Crippen LogP contribution in [0.5, 0.6) is 0 Å². The first-order chi connectivity index (χ1) is 9.38. The number of nitrogens with one attached hydrogen (secondary N) is 2. The number of aromatic nitrogens is 2. The average Bonchev–Trinajstić information content (AvgIpc) is 2.64. The van der Waals surface area contributed by atoms with Crippen LogP contribution in [0.25, 0.3) is 0 Å². The van der Waals surface area contributed by atoms with E-state index in [0.717, 1.165) is 29.9 Å². The molecule has 0 saturated carbocycles. The molecule has 1 heterocycles. The van der Waals surface area contributed by atoms with Crippen LogP contribution in [0.1, 0.15) is 45.4 Å². The minimum atomic E-state index is -0.184. The van der Waals surface area contributed by atoms with Gasteiger partial charge >= 0.3 is 0 Å². The van der Waals surface area contributed by atoms with Gasteiger partial charge in [-0.1, -0.05) is 13.8 Å². The molecule has 0 fully saturated rings. The molecular weight excluding hydrogens is 256 g/mol. The number of anilines is 1. The summed E-state index contributed by atoms with van der Waals surface area (Å²) in [6.07, 6.45) is 1.92. The molecule has 0 aromatic carbocycles. The largest absolute Gasteiger partial charge is 0.353 e. The molecule has 0 spiro atoms. The zero-order valence-electron chi connectivity index (χ0n) is 12.9. The molecule has 0 radical (unpaired) electrons. The number of amides is 2. The standard InChI is InChI=1S/C14H24N4O2/c1-6-11-12(7-2)17-18(5)14(11)16-13(20)8-9(3)15-10(4)19/h9H,6-8H2,1-5H3,(H,15,19)(H,16,20). The molecule has 0 aliphatic rings. The number of hydrogen-bond acceptors (Lipinski definition) is 3. The van der Waals surface area contributed by atoms with Crippen molar-refractivity contribution in [1.29, 1.82) is 0 Å². The van der Waals surface area contributed by atoms with Gasteiger partial charge in [0.15, 0.2) is 0 Å². The maximum Gasteiger partial charge on any atom is 0.227 e. The van der Waals surface area contributed by atoms with Crippen LogP contribution < -0.4 is 10.6 Å². The summed E-state index contributed by atoms with van der Waals surface area (Å²) in [6.45, 7) is 7.35. The van der Waals surface area contributed by atoms with E-state index in [1.807, 2.05) is 27.8 Å². The summed E-state index contributed by atoms with van der Waals surface area (Å²) in [5, 5.41) is 10.0. The average molecular weight is 280 g/mol. The van der Waals surface area contributed by atoms with E-state index in [2.05, 4.69) is 15.7 Å². The van der Waals surface area contributed by atoms with E-state index < -0.39 is 0 Å². The number of hydrogen-bond donors (Lipinski definition) is 2. The van der Waals surface area contributed by atoms with Gasteiger partial charge in [-0.2, -0.15) is 5.10 Å². The Kier molecular flexibility index (Phi) is 5.73. The van der Waals surface area contributed by atoms with Crippen molar-refractivity contribution in [2.45, 2.75) is 53.0 Å². The highest BCUT2D eigenvalue weighted by atomic mass is 16.2. The van der Waals surface area contributed by atoms with E-state index in [-0.39, 0.29) is 24.3 Å². The van der Waals surface area contributed by atoms with Crippen molar-refractivity contribution in [3.05, 3.63) is 11.3 Å². The van der Waals surface area contributed by atoms with Crippen LogP contribution >= 0.6 is 0 Å². The molecule has 20 heavy (non-hydrogen) atoms. The fourth-order valence-corrected chi connectivity index (χ4v) is 2.29. The Morgan fingerprint density at radius 3 is 2.45 bits per heavy atom. The Morgan fingerprint density at radius 2 is 1.95 bits per heavy atom. The molecule has 112 valence electrons. The highest BCUT2D eigenvalue weighted by Gasteiger charge is 2.17. The minimum absolute atomic E-state index is 0.119. The lowest BCUT2D eigenvalue weighted by atomic mass is 10.1. The van der Waals surface area contributed by atoms with Crippen molar-refractivity contribution in [1.82, 2.24) is 15.1 Å². The smallest absolute Gasteiger partial charge is 0.227 e. The van der Waals surface area contributed by atoms with Crippen molar-refractivity contribution >= 4 is 17.6 Å². The lowest BCUT2D eigenvalue weighted by Gasteiger charge is -2.13. The molecule has 6 nitrogen and oxygen atoms in total. The van der Waals surface area contributed by atoms with Crippen molar-refractivity contribution in [3.8, 4) is 0 Å². The van der Waals surface area contributed by atoms with E-state index in [1.165, 1.54) is 6.92 Å². The molecule has 1 rings (SSSR count). The molecule has 0 aliphatic heterocycles. The maximum absolute atomic E-state index is 12.0. The molecule has 1 aromatic heterocycles. The second-order valence-corrected chi connectivity index (χ2v) is 4.96. The van der Waals surface area contributed by atoms with Gasteiger partial charge < -0.3 is 10.6 Å². The van der Waals surface area contributed by atoms with Gasteiger partial charge in [0.25, 0.3) is 0 Å². The highest BCUT2D eigenvalue weighted by molar-refractivity contribution is 5.91. The topological polar surface area (TPSA) is 76.0 Å². The summed E-state index contributed by atoms with van der Waals surface area (Å²) in [6, 6.07) is -0.184. The summed E-state index contributed by atoms with van der Waals surface area (Å²) in [5.74, 6) is 0.504. The molecule has 1 aromatic rings. The van der Waals surface area contributed by atoms with Crippen molar-refractivity contribution < 1.29 is 9.59 Å². The summed E-state index contributed by atoms with van der Waals surface area (Å²) in [7, 11) is 1.82. The van der Waals surface area contributed by atoms with Gasteiger partial charge in [0.1, 0.15) is 5.82 Å². The second kappa shape index (κ2) is 7.07. The first-order valence-corrected chi connectivity index (χ1v) is 7.00. The monoisotopic (exact) mass is 280 g/mol. The quantitative estimate of drug-likeness (QED) is 0.827. The normalized spacial score (nSPS) is 12.1. The van der Waals surface area contributed by atoms with E-state index in [4.69, 9.17) is 0 Å². The van der Waals surface area contributed by atoms with Gasteiger partial charge in [-0.3, -0.25) is 14.3 Å². The van der Waals surface area contributed by atoms with E-state index in [0.29, 0.717) is 0 Å². The Labute approximate surface area is 119 Å². The molecule has 1 unspecified atom stereocenters. The third kappa shape index (κ3) is 4.08. The first kappa shape index (κ1) is 16.2. The summed E-state index contributed by atoms with van der Waals surface area (Å²) >= 11 is 0. The zero-order chi connectivity index (χ0) is 15.3. The Balaban J connectivity index is 2.75. The summed E-state index contributed by atoms with van der Waals surface area (Å²) < 4.78 is 1.71. The van der Waals surface area contributed by atoms with Gasteiger partial charge in [-0.05, 0) is 19.8 Å². The first-order valence-electron chi connectivity index (χ1n) is 7.00. The highest BCUT2D eigenvalue weighted by Crippen LogP contribution is 2.20. The van der Waals surface area contributed by atoms with E-state index in [1.54, 1.807) is 4.68 Å². The number of carbonyl (C=O) groups excluding carboxylic acids is 2. The minimum Gasteiger partial charge on any atom is -0.353 e. The Bertz CT molecular complexity index is 494. The van der Waals surface area contributed by atoms with E-state index >= 15 is 0 Å². The second-order valence-electron chi connectivity index (χ2n) is 4.96. The number of carbonyl (C=O) groups is 2.